The molecule has 0 aromatic heterocycles. The number of carbonyl (C=O) groups is 2. The van der Waals surface area contributed by atoms with Gasteiger partial charge in [0.1, 0.15) is 0 Å². The van der Waals surface area contributed by atoms with E-state index in [4.69, 9.17) is 5.11 Å². The molecular weight excluding hydrogens is 268 g/mol. The van der Waals surface area contributed by atoms with Gasteiger partial charge in [0.2, 0.25) is 0 Å². The molecule has 0 heterocycles. The SMILES string of the molecule is O=C(O)Cc1cccc(NC(=O)NCC2CCCCC2)c1. The van der Waals surface area contributed by atoms with Crippen molar-refractivity contribution in [3.05, 3.63) is 29.8 Å². The Kier molecular flexibility index (Phi) is 5.60. The van der Waals surface area contributed by atoms with Gasteiger partial charge in [-0.15, -0.1) is 0 Å². The van der Waals surface area contributed by atoms with Gasteiger partial charge in [-0.3, -0.25) is 4.79 Å². The molecule has 1 saturated carbocycles. The van der Waals surface area contributed by atoms with Crippen LogP contribution >= 0.6 is 0 Å². The zero-order chi connectivity index (χ0) is 15.1. The zero-order valence-electron chi connectivity index (χ0n) is 12.1. The summed E-state index contributed by atoms with van der Waals surface area (Å²) >= 11 is 0. The lowest BCUT2D eigenvalue weighted by atomic mass is 9.89. The van der Waals surface area contributed by atoms with E-state index >= 15 is 0 Å². The second-order valence-corrected chi connectivity index (χ2v) is 5.61. The van der Waals surface area contributed by atoms with Gasteiger partial charge in [-0.2, -0.15) is 0 Å². The lowest BCUT2D eigenvalue weighted by Gasteiger charge is -2.21. The van der Waals surface area contributed by atoms with Crippen molar-refractivity contribution >= 4 is 17.7 Å². The molecule has 0 atom stereocenters. The standard InChI is InChI=1S/C16H22N2O3/c19-15(20)10-13-7-4-8-14(9-13)18-16(21)17-11-12-5-2-1-3-6-12/h4,7-9,12H,1-3,5-6,10-11H2,(H,19,20)(H2,17,18,21). The maximum absolute atomic E-state index is 11.9. The topological polar surface area (TPSA) is 78.4 Å². The first-order valence-electron chi connectivity index (χ1n) is 7.49. The predicted octanol–water partition coefficient (Wildman–Crippen LogP) is 3.02. The number of carboxylic acids is 1. The Bertz CT molecular complexity index is 496. The largest absolute Gasteiger partial charge is 0.481 e. The van der Waals surface area contributed by atoms with Crippen molar-refractivity contribution in [1.82, 2.24) is 5.32 Å². The highest BCUT2D eigenvalue weighted by Crippen LogP contribution is 2.22. The van der Waals surface area contributed by atoms with Crippen molar-refractivity contribution in [2.45, 2.75) is 38.5 Å². The highest BCUT2D eigenvalue weighted by Gasteiger charge is 2.14. The van der Waals surface area contributed by atoms with Crippen molar-refractivity contribution in [1.29, 1.82) is 0 Å². The number of hydrogen-bond donors (Lipinski definition) is 3. The number of carboxylic acid groups (broad SMARTS) is 1. The normalized spacial score (nSPS) is 15.4. The van der Waals surface area contributed by atoms with Crippen molar-refractivity contribution in [3.63, 3.8) is 0 Å². The van der Waals surface area contributed by atoms with E-state index in [-0.39, 0.29) is 12.5 Å². The summed E-state index contributed by atoms with van der Waals surface area (Å²) < 4.78 is 0. The smallest absolute Gasteiger partial charge is 0.319 e. The predicted molar refractivity (Wildman–Crippen MR) is 81.4 cm³/mol. The fourth-order valence-corrected chi connectivity index (χ4v) is 2.74. The van der Waals surface area contributed by atoms with Gasteiger partial charge in [0, 0.05) is 12.2 Å². The van der Waals surface area contributed by atoms with E-state index in [1.54, 1.807) is 24.3 Å². The van der Waals surface area contributed by atoms with Crippen LogP contribution in [0.4, 0.5) is 10.5 Å². The maximum atomic E-state index is 11.9. The van der Waals surface area contributed by atoms with Crippen LogP contribution in [0.5, 0.6) is 0 Å². The minimum Gasteiger partial charge on any atom is -0.481 e. The first-order chi connectivity index (χ1) is 10.1. The average Bonchev–Trinajstić information content (AvgIpc) is 2.46. The van der Waals surface area contributed by atoms with Crippen molar-refractivity contribution < 1.29 is 14.7 Å². The van der Waals surface area contributed by atoms with Crippen LogP contribution in [-0.4, -0.2) is 23.7 Å². The first kappa shape index (κ1) is 15.4. The highest BCUT2D eigenvalue weighted by molar-refractivity contribution is 5.89. The second kappa shape index (κ2) is 7.67. The summed E-state index contributed by atoms with van der Waals surface area (Å²) in [7, 11) is 0. The summed E-state index contributed by atoms with van der Waals surface area (Å²) in [4.78, 5) is 22.5. The van der Waals surface area contributed by atoms with Gasteiger partial charge in [-0.25, -0.2) is 4.79 Å². The summed E-state index contributed by atoms with van der Waals surface area (Å²) in [5, 5.41) is 14.4. The molecule has 1 aliphatic carbocycles. The lowest BCUT2D eigenvalue weighted by Crippen LogP contribution is -2.33. The monoisotopic (exact) mass is 290 g/mol. The molecule has 5 nitrogen and oxygen atoms in total. The third-order valence-corrected chi connectivity index (χ3v) is 3.82. The average molecular weight is 290 g/mol. The Balaban J connectivity index is 1.80. The van der Waals surface area contributed by atoms with Crippen LogP contribution in [0.3, 0.4) is 0 Å². The summed E-state index contributed by atoms with van der Waals surface area (Å²) in [5.74, 6) is -0.295. The molecule has 3 N–H and O–H groups in total. The van der Waals surface area contributed by atoms with Crippen molar-refractivity contribution in [3.8, 4) is 0 Å². The molecule has 5 heteroatoms. The Morgan fingerprint density at radius 1 is 1.19 bits per heavy atom. The Morgan fingerprint density at radius 3 is 2.67 bits per heavy atom. The molecular formula is C16H22N2O3. The third kappa shape index (κ3) is 5.45. The highest BCUT2D eigenvalue weighted by atomic mass is 16.4. The van der Waals surface area contributed by atoms with Crippen LogP contribution in [0.25, 0.3) is 0 Å². The fourth-order valence-electron chi connectivity index (χ4n) is 2.74. The number of carbonyl (C=O) groups excluding carboxylic acids is 1. The van der Waals surface area contributed by atoms with Crippen LogP contribution in [0.1, 0.15) is 37.7 Å². The Morgan fingerprint density at radius 2 is 1.95 bits per heavy atom. The minimum absolute atomic E-state index is 0.0424. The number of nitrogens with one attached hydrogen (secondary N) is 2. The minimum atomic E-state index is -0.881. The zero-order valence-corrected chi connectivity index (χ0v) is 12.1. The number of rotatable bonds is 5. The molecule has 1 aromatic carbocycles. The van der Waals surface area contributed by atoms with E-state index in [1.165, 1.54) is 32.1 Å². The molecule has 0 aliphatic heterocycles. The van der Waals surface area contributed by atoms with E-state index in [1.807, 2.05) is 0 Å². The Labute approximate surface area is 124 Å². The summed E-state index contributed by atoms with van der Waals surface area (Å²) in [6.45, 7) is 0.709. The van der Waals surface area contributed by atoms with E-state index in [9.17, 15) is 9.59 Å². The molecule has 1 aromatic rings. The number of aliphatic carboxylic acids is 1. The number of hydrogen-bond acceptors (Lipinski definition) is 2. The molecule has 0 saturated heterocycles. The molecule has 1 aliphatic rings. The summed E-state index contributed by atoms with van der Waals surface area (Å²) in [6, 6.07) is 6.70. The second-order valence-electron chi connectivity index (χ2n) is 5.61. The molecule has 1 fully saturated rings. The van der Waals surface area contributed by atoms with Gasteiger partial charge < -0.3 is 15.7 Å². The summed E-state index contributed by atoms with van der Waals surface area (Å²) in [5.41, 5.74) is 1.29. The molecule has 0 radical (unpaired) electrons. The van der Waals surface area contributed by atoms with Gasteiger partial charge >= 0.3 is 12.0 Å². The number of anilines is 1. The third-order valence-electron chi connectivity index (χ3n) is 3.82. The van der Waals surface area contributed by atoms with Gasteiger partial charge in [0.05, 0.1) is 6.42 Å². The fraction of sp³-hybridized carbons (Fsp3) is 0.500. The van der Waals surface area contributed by atoms with E-state index in [0.29, 0.717) is 23.7 Å². The van der Waals surface area contributed by atoms with Crippen LogP contribution in [0, 0.1) is 5.92 Å². The molecule has 0 spiro atoms. The van der Waals surface area contributed by atoms with Crippen LogP contribution < -0.4 is 10.6 Å². The van der Waals surface area contributed by atoms with E-state index < -0.39 is 5.97 Å². The quantitative estimate of drug-likeness (QED) is 0.780. The van der Waals surface area contributed by atoms with Gasteiger partial charge in [0.15, 0.2) is 0 Å². The van der Waals surface area contributed by atoms with Crippen molar-refractivity contribution in [2.24, 2.45) is 5.92 Å². The molecule has 0 unspecified atom stereocenters. The van der Waals surface area contributed by atoms with Crippen LogP contribution in [-0.2, 0) is 11.2 Å². The van der Waals surface area contributed by atoms with Crippen LogP contribution in [0.15, 0.2) is 24.3 Å². The lowest BCUT2D eigenvalue weighted by molar-refractivity contribution is -0.136. The van der Waals surface area contributed by atoms with Gasteiger partial charge in [-0.1, -0.05) is 31.4 Å². The van der Waals surface area contributed by atoms with E-state index in [0.717, 1.165) is 0 Å². The number of urea groups is 1. The molecule has 2 rings (SSSR count). The van der Waals surface area contributed by atoms with Gasteiger partial charge in [0.25, 0.3) is 0 Å². The molecule has 2 amide bonds. The molecule has 114 valence electrons. The first-order valence-corrected chi connectivity index (χ1v) is 7.49. The van der Waals surface area contributed by atoms with Gasteiger partial charge in [-0.05, 0) is 36.5 Å². The molecule has 0 bridgehead atoms. The summed E-state index contributed by atoms with van der Waals surface area (Å²) in [6.07, 6.45) is 6.15. The number of benzene rings is 1. The number of amides is 2. The molecule has 21 heavy (non-hydrogen) atoms. The Hall–Kier alpha value is -2.04. The van der Waals surface area contributed by atoms with E-state index in [2.05, 4.69) is 10.6 Å². The maximum Gasteiger partial charge on any atom is 0.319 e. The van der Waals surface area contributed by atoms with Crippen molar-refractivity contribution in [2.75, 3.05) is 11.9 Å². The van der Waals surface area contributed by atoms with Crippen LogP contribution in [0.2, 0.25) is 0 Å².